The molecule has 0 rings (SSSR count). The highest BCUT2D eigenvalue weighted by Crippen LogP contribution is 2.18. The minimum atomic E-state index is -1.23. The number of Topliss-reactive ketones (excluding diaryl/α,β-unsaturated/α-hetero) is 3. The van der Waals surface area contributed by atoms with Crippen LogP contribution in [0.1, 0.15) is 144 Å². The van der Waals surface area contributed by atoms with E-state index in [0.29, 0.717) is 25.0 Å². The number of carboxylic acids is 3. The summed E-state index contributed by atoms with van der Waals surface area (Å²) in [5.74, 6) is -6.00. The maximum Gasteiger partial charge on any atom is 0.326 e. The van der Waals surface area contributed by atoms with Gasteiger partial charge < -0.3 is 66.4 Å². The molecule has 4 amide bonds. The predicted molar refractivity (Wildman–Crippen MR) is 278 cm³/mol. The Labute approximate surface area is 442 Å². The summed E-state index contributed by atoms with van der Waals surface area (Å²) < 4.78 is 21.4. The third-order valence-corrected chi connectivity index (χ3v) is 11.9. The summed E-state index contributed by atoms with van der Waals surface area (Å²) in [5, 5.41) is 46.8. The number of ether oxygens (including phenoxy) is 4. The van der Waals surface area contributed by atoms with E-state index in [2.05, 4.69) is 21.3 Å². The van der Waals surface area contributed by atoms with Crippen molar-refractivity contribution in [3.05, 3.63) is 0 Å². The third kappa shape index (κ3) is 48.4. The summed E-state index contributed by atoms with van der Waals surface area (Å²) in [6, 6.07) is -1.42. The number of carboxylic acid groups (broad SMARTS) is 3. The summed E-state index contributed by atoms with van der Waals surface area (Å²) in [4.78, 5) is 116. The summed E-state index contributed by atoms with van der Waals surface area (Å²) >= 11 is 1.24. The van der Waals surface area contributed by atoms with E-state index in [4.69, 9.17) is 40.0 Å². The van der Waals surface area contributed by atoms with Gasteiger partial charge in [0.15, 0.2) is 0 Å². The van der Waals surface area contributed by atoms with Crippen molar-refractivity contribution in [1.82, 2.24) is 21.3 Å². The molecule has 0 aromatic rings. The number of aliphatic hydroxyl groups is 1. The Morgan fingerprint density at radius 2 is 1.05 bits per heavy atom. The number of hydrogen-bond acceptors (Lipinski definition) is 17. The van der Waals surface area contributed by atoms with E-state index in [1.54, 1.807) is 13.8 Å². The second kappa shape index (κ2) is 50.6. The van der Waals surface area contributed by atoms with Crippen molar-refractivity contribution in [2.45, 2.75) is 156 Å². The maximum absolute atomic E-state index is 12.3. The summed E-state index contributed by atoms with van der Waals surface area (Å²) in [5.41, 5.74) is 5.09. The SMILES string of the molecule is C.CC(=O)[C@H](C)N.CC[C@@H](CSCC(=O)NCCNC(=O)COCCOCCNC(=O)COCCOCCCC(=O)CC[C@H](NC(=O)CCCCCCCCCCCCC(=O)O)C(=O)O)C(=O)C[C@@H](CO)C(=O)O. The molecular weight excluding hydrogens is 991 g/mol. The minimum absolute atomic E-state index is 0. The number of aliphatic carboxylic acids is 3. The molecule has 430 valence electrons. The van der Waals surface area contributed by atoms with Crippen LogP contribution in [-0.2, 0) is 66.9 Å². The van der Waals surface area contributed by atoms with Gasteiger partial charge in [-0.3, -0.25) is 43.2 Å². The van der Waals surface area contributed by atoms with Crippen LogP contribution in [0, 0.1) is 11.8 Å². The zero-order valence-corrected chi connectivity index (χ0v) is 44.2. The van der Waals surface area contributed by atoms with Gasteiger partial charge in [-0.2, -0.15) is 11.8 Å². The lowest BCUT2D eigenvalue weighted by atomic mass is 9.94. The Balaban J connectivity index is -0.00000675. The molecule has 0 aromatic heterocycles. The molecule has 0 aliphatic rings. The molecule has 0 unspecified atom stereocenters. The van der Waals surface area contributed by atoms with E-state index in [-0.39, 0.29) is 171 Å². The molecule has 0 radical (unpaired) electrons. The van der Waals surface area contributed by atoms with Crippen LogP contribution in [0.5, 0.6) is 0 Å². The Morgan fingerprint density at radius 3 is 1.54 bits per heavy atom. The van der Waals surface area contributed by atoms with Gasteiger partial charge >= 0.3 is 17.9 Å². The van der Waals surface area contributed by atoms with E-state index in [0.717, 1.165) is 57.8 Å². The van der Waals surface area contributed by atoms with E-state index in [9.17, 15) is 53.1 Å². The van der Waals surface area contributed by atoms with Crippen LogP contribution in [0.3, 0.4) is 0 Å². The van der Waals surface area contributed by atoms with Crippen molar-refractivity contribution in [2.75, 3.05) is 90.6 Å². The largest absolute Gasteiger partial charge is 0.481 e. The fraction of sp³-hybridized carbons (Fsp3) is 0.800. The molecule has 4 atom stereocenters. The van der Waals surface area contributed by atoms with Gasteiger partial charge in [0.25, 0.3) is 0 Å². The normalized spacial score (nSPS) is 12.3. The number of unbranched alkanes of at least 4 members (excludes halogenated alkanes) is 9. The van der Waals surface area contributed by atoms with Crippen LogP contribution in [0.2, 0.25) is 0 Å². The standard InChI is InChI=1S/C45H78N4O17S.C4H9NO.CH4/c1-2-34(38(52)28-35(29-50)44(59)60)32-67-33-42(56)47-20-19-46-40(54)30-66-27-25-64-23-21-48-41(55)31-65-26-24-63-22-13-14-36(51)17-18-37(45(61)62)49-39(53)15-11-9-7-5-3-4-6-8-10-12-16-43(57)58;1-3(5)4(2)6;/h34-35,37,50H,2-33H2,1H3,(H,46,54)(H,47,56)(H,48,55)(H,49,53)(H,57,58)(H,59,60)(H,61,62);3H,5H2,1-2H3;1H4/t34-,35-,37-;3-;/m00./s1. The molecule has 0 aliphatic carbocycles. The topological polar surface area (TPSA) is 363 Å². The van der Waals surface area contributed by atoms with Gasteiger partial charge in [0.1, 0.15) is 36.6 Å². The van der Waals surface area contributed by atoms with E-state index in [1.165, 1.54) is 18.7 Å². The number of thioether (sulfide) groups is 1. The van der Waals surface area contributed by atoms with Crippen molar-refractivity contribution in [3.63, 3.8) is 0 Å². The highest BCUT2D eigenvalue weighted by atomic mass is 32.2. The maximum atomic E-state index is 12.3. The summed E-state index contributed by atoms with van der Waals surface area (Å²) in [6.45, 7) is 5.72. The fourth-order valence-electron chi connectivity index (χ4n) is 6.26. The highest BCUT2D eigenvalue weighted by Gasteiger charge is 2.25. The van der Waals surface area contributed by atoms with E-state index < -0.39 is 42.4 Å². The number of carbonyl (C=O) groups excluding carboxylic acids is 7. The van der Waals surface area contributed by atoms with Crippen molar-refractivity contribution in [2.24, 2.45) is 17.6 Å². The lowest BCUT2D eigenvalue weighted by Crippen LogP contribution is -2.41. The number of hydrogen-bond donors (Lipinski definition) is 9. The number of carbonyl (C=O) groups is 10. The molecule has 0 aliphatic heterocycles. The molecule has 24 heteroatoms. The molecule has 0 saturated carbocycles. The quantitative estimate of drug-likeness (QED) is 0.0396. The Morgan fingerprint density at radius 1 is 0.568 bits per heavy atom. The van der Waals surface area contributed by atoms with Gasteiger partial charge in [0.05, 0.1) is 57.4 Å². The molecule has 0 heterocycles. The summed E-state index contributed by atoms with van der Waals surface area (Å²) in [7, 11) is 0. The molecule has 0 aromatic carbocycles. The van der Waals surface area contributed by atoms with Crippen molar-refractivity contribution >= 4 is 70.6 Å². The van der Waals surface area contributed by atoms with Crippen LogP contribution in [0.25, 0.3) is 0 Å². The first-order valence-electron chi connectivity index (χ1n) is 25.4. The number of amides is 4. The van der Waals surface area contributed by atoms with Crippen LogP contribution in [0.15, 0.2) is 0 Å². The van der Waals surface area contributed by atoms with Gasteiger partial charge in [-0.1, -0.05) is 65.7 Å². The monoisotopic (exact) mass is 1080 g/mol. The van der Waals surface area contributed by atoms with Gasteiger partial charge in [0, 0.05) is 70.0 Å². The second-order valence-corrected chi connectivity index (χ2v) is 18.4. The fourth-order valence-corrected chi connectivity index (χ4v) is 7.37. The van der Waals surface area contributed by atoms with Crippen molar-refractivity contribution in [3.8, 4) is 0 Å². The lowest BCUT2D eigenvalue weighted by Gasteiger charge is -2.15. The van der Waals surface area contributed by atoms with Gasteiger partial charge in [0.2, 0.25) is 23.6 Å². The lowest BCUT2D eigenvalue weighted by molar-refractivity contribution is -0.145. The molecule has 0 saturated heterocycles. The first kappa shape index (κ1) is 73.7. The molecule has 0 bridgehead atoms. The van der Waals surface area contributed by atoms with Crippen molar-refractivity contribution < 1.29 is 87.3 Å². The van der Waals surface area contributed by atoms with E-state index >= 15 is 0 Å². The van der Waals surface area contributed by atoms with Gasteiger partial charge in [-0.15, -0.1) is 0 Å². The van der Waals surface area contributed by atoms with Crippen LogP contribution < -0.4 is 27.0 Å². The highest BCUT2D eigenvalue weighted by molar-refractivity contribution is 7.99. The van der Waals surface area contributed by atoms with Gasteiger partial charge in [-0.05, 0) is 46.0 Å². The molecule has 23 nitrogen and oxygen atoms in total. The molecule has 0 fully saturated rings. The molecule has 74 heavy (non-hydrogen) atoms. The van der Waals surface area contributed by atoms with Crippen LogP contribution in [0.4, 0.5) is 0 Å². The molecular formula is C50H91N5O18S. The Hall–Kier alpha value is -4.59. The number of rotatable bonds is 49. The molecule has 10 N–H and O–H groups in total. The molecule has 0 spiro atoms. The first-order valence-corrected chi connectivity index (χ1v) is 26.6. The minimum Gasteiger partial charge on any atom is -0.481 e. The van der Waals surface area contributed by atoms with Crippen LogP contribution in [-0.4, -0.2) is 182 Å². The average molecular weight is 1080 g/mol. The van der Waals surface area contributed by atoms with Gasteiger partial charge in [-0.25, -0.2) is 4.79 Å². The predicted octanol–water partition coefficient (Wildman–Crippen LogP) is 2.84. The third-order valence-electron chi connectivity index (χ3n) is 10.8. The van der Waals surface area contributed by atoms with Crippen molar-refractivity contribution in [1.29, 1.82) is 0 Å². The summed E-state index contributed by atoms with van der Waals surface area (Å²) in [6.07, 6.45) is 10.9. The smallest absolute Gasteiger partial charge is 0.326 e. The first-order chi connectivity index (χ1) is 34.8. The zero-order chi connectivity index (χ0) is 55.1. The Kier molecular flexibility index (Phi) is 50.3. The number of ketones is 3. The number of nitrogens with two attached hydrogens (primary N) is 1. The second-order valence-electron chi connectivity index (χ2n) is 17.4. The van der Waals surface area contributed by atoms with Crippen LogP contribution >= 0.6 is 11.8 Å². The number of aliphatic hydroxyl groups excluding tert-OH is 1. The zero-order valence-electron chi connectivity index (χ0n) is 43.4. The number of nitrogens with one attached hydrogen (secondary N) is 4. The Bertz CT molecular complexity index is 1590. The average Bonchev–Trinajstić information content (AvgIpc) is 3.33. The van der Waals surface area contributed by atoms with E-state index in [1.807, 2.05) is 0 Å².